The molecule has 0 aromatic heterocycles. The van der Waals surface area contributed by atoms with Crippen LogP contribution in [0.1, 0.15) is 95.5 Å². The maximum atomic E-state index is 13.3. The lowest BCUT2D eigenvalue weighted by atomic mass is 9.63. The largest absolute Gasteiger partial charge is 0.492 e. The van der Waals surface area contributed by atoms with E-state index >= 15 is 0 Å². The molecule has 2 aliphatic heterocycles. The van der Waals surface area contributed by atoms with Crippen LogP contribution in [0.25, 0.3) is 0 Å². The molecule has 3 aliphatic carbocycles. The van der Waals surface area contributed by atoms with Gasteiger partial charge in [0.1, 0.15) is 18.5 Å². The Morgan fingerprint density at radius 2 is 1.65 bits per heavy atom. The Morgan fingerprint density at radius 3 is 2.35 bits per heavy atom. The number of ether oxygens (including phenoxy) is 1. The highest BCUT2D eigenvalue weighted by molar-refractivity contribution is 5.30. The molecule has 206 valence electrons. The maximum Gasteiger partial charge on any atom is 0.239 e. The van der Waals surface area contributed by atoms with E-state index in [1.165, 1.54) is 18.4 Å². The van der Waals surface area contributed by atoms with Crippen molar-refractivity contribution in [2.24, 2.45) is 17.8 Å². The number of piperidine rings is 1. The van der Waals surface area contributed by atoms with Crippen LogP contribution >= 0.6 is 0 Å². The number of hydrogen-bond acceptors (Lipinski definition) is 6. The van der Waals surface area contributed by atoms with E-state index in [4.69, 9.17) is 24.3 Å². The van der Waals surface area contributed by atoms with Crippen LogP contribution < -0.4 is 4.74 Å². The average Bonchev–Trinajstić information content (AvgIpc) is 2.94. The molecule has 37 heavy (non-hydrogen) atoms. The molecule has 2 bridgehead atoms. The van der Waals surface area contributed by atoms with Crippen LogP contribution in [0.3, 0.4) is 0 Å². The minimum Gasteiger partial charge on any atom is -0.492 e. The normalized spacial score (nSPS) is 39.2. The van der Waals surface area contributed by atoms with E-state index in [1.807, 2.05) is 0 Å². The topological polar surface area (TPSA) is 49.4 Å². The first-order chi connectivity index (χ1) is 18.1. The fourth-order valence-electron chi connectivity index (χ4n) is 7.62. The number of likely N-dealkylation sites (tertiary alicyclic amines) is 1. The number of halogens is 1. The van der Waals surface area contributed by atoms with E-state index in [1.54, 1.807) is 0 Å². The standard InChI is InChI=1S/C30H44FNO5/c1-2-25-20-22-4-3-5-26(21-22)30(25)36-34-29(35-37-30)14-10-24(11-15-29)23-6-8-28(9-7-23)33-19-18-32-16-12-27(31)13-17-32/h6-9,22,24-27H,2-5,10-21H2,1H3. The number of hydrogen-bond donors (Lipinski definition) is 0. The molecule has 6 rings (SSSR count). The summed E-state index contributed by atoms with van der Waals surface area (Å²) in [6.07, 6.45) is 11.1. The molecule has 0 radical (unpaired) electrons. The molecule has 6 nitrogen and oxygen atoms in total. The number of benzene rings is 1. The molecule has 1 aromatic carbocycles. The molecule has 5 fully saturated rings. The molecule has 5 aliphatic rings. The molecular weight excluding hydrogens is 473 g/mol. The Kier molecular flexibility index (Phi) is 7.79. The summed E-state index contributed by atoms with van der Waals surface area (Å²) in [6.45, 7) is 5.38. The summed E-state index contributed by atoms with van der Waals surface area (Å²) in [5, 5.41) is 0. The number of alkyl halides is 1. The van der Waals surface area contributed by atoms with Crippen molar-refractivity contribution in [2.45, 2.75) is 108 Å². The van der Waals surface area contributed by atoms with E-state index < -0.39 is 17.7 Å². The van der Waals surface area contributed by atoms with Crippen LogP contribution in [0, 0.1) is 17.8 Å². The lowest BCUT2D eigenvalue weighted by Gasteiger charge is -2.55. The first-order valence-corrected chi connectivity index (χ1v) is 14.9. The molecule has 2 spiro atoms. The van der Waals surface area contributed by atoms with Crippen LogP contribution in [-0.4, -0.2) is 48.9 Å². The zero-order valence-corrected chi connectivity index (χ0v) is 22.4. The predicted octanol–water partition coefficient (Wildman–Crippen LogP) is 6.70. The van der Waals surface area contributed by atoms with Crippen molar-refractivity contribution in [3.63, 3.8) is 0 Å². The smallest absolute Gasteiger partial charge is 0.239 e. The van der Waals surface area contributed by atoms with Gasteiger partial charge in [0.15, 0.2) is 0 Å². The third-order valence-electron chi connectivity index (χ3n) is 9.97. The molecule has 3 atom stereocenters. The van der Waals surface area contributed by atoms with Gasteiger partial charge in [-0.05, 0) is 80.9 Å². The summed E-state index contributed by atoms with van der Waals surface area (Å²) in [7, 11) is 0. The van der Waals surface area contributed by atoms with Crippen LogP contribution in [0.5, 0.6) is 5.75 Å². The number of fused-ring (bicyclic) bond motifs is 3. The van der Waals surface area contributed by atoms with Gasteiger partial charge in [0.05, 0.1) is 0 Å². The van der Waals surface area contributed by atoms with Gasteiger partial charge >= 0.3 is 0 Å². The summed E-state index contributed by atoms with van der Waals surface area (Å²) in [6, 6.07) is 8.51. The monoisotopic (exact) mass is 517 g/mol. The lowest BCUT2D eigenvalue weighted by Crippen LogP contribution is -2.61. The number of nitrogens with zero attached hydrogens (tertiary/aromatic N) is 1. The third kappa shape index (κ3) is 5.44. The Balaban J connectivity index is 0.979. The van der Waals surface area contributed by atoms with Crippen molar-refractivity contribution in [3.8, 4) is 5.75 Å². The fourth-order valence-corrected chi connectivity index (χ4v) is 7.62. The Morgan fingerprint density at radius 1 is 0.919 bits per heavy atom. The summed E-state index contributed by atoms with van der Waals surface area (Å²) >= 11 is 0. The Labute approximate surface area is 221 Å². The average molecular weight is 518 g/mol. The fraction of sp³-hybridized carbons (Fsp3) is 0.800. The summed E-state index contributed by atoms with van der Waals surface area (Å²) in [5.41, 5.74) is 1.33. The van der Waals surface area contributed by atoms with E-state index in [0.29, 0.717) is 37.2 Å². The van der Waals surface area contributed by atoms with Gasteiger partial charge in [0.25, 0.3) is 0 Å². The summed E-state index contributed by atoms with van der Waals surface area (Å²) in [5.74, 6) is 1.32. The molecule has 2 saturated heterocycles. The molecular formula is C30H44FNO5. The second-order valence-electron chi connectivity index (χ2n) is 12.2. The maximum absolute atomic E-state index is 13.3. The van der Waals surface area contributed by atoms with Crippen molar-refractivity contribution in [1.82, 2.24) is 4.90 Å². The Hall–Kier alpha value is -1.25. The van der Waals surface area contributed by atoms with Gasteiger partial charge in [-0.1, -0.05) is 31.9 Å². The van der Waals surface area contributed by atoms with E-state index in [9.17, 15) is 4.39 Å². The van der Waals surface area contributed by atoms with Crippen LogP contribution in [0.4, 0.5) is 4.39 Å². The molecule has 1 aromatic rings. The summed E-state index contributed by atoms with van der Waals surface area (Å²) < 4.78 is 19.3. The van der Waals surface area contributed by atoms with Gasteiger partial charge in [-0.25, -0.2) is 4.39 Å². The molecule has 7 heteroatoms. The van der Waals surface area contributed by atoms with Gasteiger partial charge < -0.3 is 4.74 Å². The van der Waals surface area contributed by atoms with Crippen molar-refractivity contribution in [1.29, 1.82) is 0 Å². The van der Waals surface area contributed by atoms with Crippen LogP contribution in [-0.2, 0) is 19.6 Å². The van der Waals surface area contributed by atoms with Gasteiger partial charge in [-0.2, -0.15) is 19.6 Å². The van der Waals surface area contributed by atoms with E-state index in [2.05, 4.69) is 36.1 Å². The summed E-state index contributed by atoms with van der Waals surface area (Å²) in [4.78, 5) is 27.0. The molecule has 0 amide bonds. The van der Waals surface area contributed by atoms with Crippen molar-refractivity contribution < 1.29 is 28.7 Å². The lowest BCUT2D eigenvalue weighted by molar-refractivity contribution is -0.677. The molecule has 3 saturated carbocycles. The van der Waals surface area contributed by atoms with E-state index in [-0.39, 0.29) is 0 Å². The van der Waals surface area contributed by atoms with Gasteiger partial charge in [-0.15, -0.1) is 0 Å². The predicted molar refractivity (Wildman–Crippen MR) is 137 cm³/mol. The minimum absolute atomic E-state index is 0.327. The van der Waals surface area contributed by atoms with Gasteiger partial charge in [0, 0.05) is 44.3 Å². The highest BCUT2D eigenvalue weighted by atomic mass is 19.1. The van der Waals surface area contributed by atoms with Gasteiger partial charge in [-0.3, -0.25) is 4.90 Å². The van der Waals surface area contributed by atoms with Gasteiger partial charge in [0.2, 0.25) is 11.6 Å². The zero-order valence-electron chi connectivity index (χ0n) is 22.4. The highest BCUT2D eigenvalue weighted by Gasteiger charge is 2.60. The molecule has 3 unspecified atom stereocenters. The van der Waals surface area contributed by atoms with Crippen molar-refractivity contribution in [3.05, 3.63) is 29.8 Å². The van der Waals surface area contributed by atoms with Crippen molar-refractivity contribution in [2.75, 3.05) is 26.2 Å². The molecule has 0 N–H and O–H groups in total. The van der Waals surface area contributed by atoms with E-state index in [0.717, 1.165) is 82.7 Å². The SMILES string of the molecule is CCC1CC2CCCC(C2)C12OOC1(CCC(c3ccc(OCCN4CCC(F)CC4)cc3)CC1)OO2. The third-order valence-corrected chi connectivity index (χ3v) is 9.97. The highest BCUT2D eigenvalue weighted by Crippen LogP contribution is 2.55. The molecule has 2 heterocycles. The second-order valence-corrected chi connectivity index (χ2v) is 12.2. The number of rotatable bonds is 6. The second kappa shape index (κ2) is 11.1. The first-order valence-electron chi connectivity index (χ1n) is 14.9. The minimum atomic E-state index is -0.786. The first kappa shape index (κ1) is 26.0. The van der Waals surface area contributed by atoms with Crippen LogP contribution in [0.2, 0.25) is 0 Å². The Bertz CT molecular complexity index is 866. The van der Waals surface area contributed by atoms with Crippen LogP contribution in [0.15, 0.2) is 24.3 Å². The quantitative estimate of drug-likeness (QED) is 0.392. The zero-order chi connectivity index (χ0) is 25.3. The van der Waals surface area contributed by atoms with Crippen molar-refractivity contribution >= 4 is 0 Å².